The molecule has 86 valence electrons. The summed E-state index contributed by atoms with van der Waals surface area (Å²) in [5.41, 5.74) is 4.33. The van der Waals surface area contributed by atoms with Gasteiger partial charge in [-0.2, -0.15) is 0 Å². The summed E-state index contributed by atoms with van der Waals surface area (Å²) >= 11 is 0. The molecular weight excluding hydrogens is 218 g/mol. The van der Waals surface area contributed by atoms with Gasteiger partial charge in [-0.1, -0.05) is 0 Å². The summed E-state index contributed by atoms with van der Waals surface area (Å²) in [4.78, 5) is 11.0. The number of hydrogen-bond donors (Lipinski definition) is 2. The molecule has 0 aromatic heterocycles. The van der Waals surface area contributed by atoms with Crippen molar-refractivity contribution < 1.29 is 18.3 Å². The van der Waals surface area contributed by atoms with E-state index < -0.39 is 23.3 Å². The lowest BCUT2D eigenvalue weighted by molar-refractivity contribution is 0.0587. The number of alkyl carbamates (subject to hydrolysis) is 1. The van der Waals surface area contributed by atoms with Crippen LogP contribution < -0.4 is 11.1 Å². The van der Waals surface area contributed by atoms with E-state index in [0.29, 0.717) is 0 Å². The van der Waals surface area contributed by atoms with Gasteiger partial charge in [0.05, 0.1) is 6.54 Å². The summed E-state index contributed by atoms with van der Waals surface area (Å²) in [7, 11) is 0. The number of carbonyl (C=O) groups excluding carboxylic acids is 1. The lowest BCUT2D eigenvalue weighted by Gasteiger charge is -2.25. The van der Waals surface area contributed by atoms with Crippen LogP contribution in [0.2, 0.25) is 0 Å². The Morgan fingerprint density at radius 3 is 2.75 bits per heavy atom. The second-order valence-electron chi connectivity index (χ2n) is 3.57. The highest BCUT2D eigenvalue weighted by molar-refractivity contribution is 5.70. The molecule has 0 bridgehead atoms. The zero-order valence-corrected chi connectivity index (χ0v) is 8.30. The molecule has 16 heavy (non-hydrogen) atoms. The van der Waals surface area contributed by atoms with Gasteiger partial charge in [-0.3, -0.25) is 0 Å². The van der Waals surface area contributed by atoms with E-state index in [0.717, 1.165) is 12.1 Å². The Hall–Kier alpha value is -1.69. The van der Waals surface area contributed by atoms with Crippen molar-refractivity contribution in [1.82, 2.24) is 5.32 Å². The molecule has 0 aliphatic carbocycles. The van der Waals surface area contributed by atoms with Crippen molar-refractivity contribution in [1.29, 1.82) is 0 Å². The fraction of sp³-hybridized carbons (Fsp3) is 0.300. The van der Waals surface area contributed by atoms with Gasteiger partial charge in [0.2, 0.25) is 0 Å². The standard InChI is InChI=1S/C10H10F2N2O2/c11-6-1-2-7(8(12)3-6)10(4-13)5-14-9(15)16-10/h1-3H,4-5,13H2,(H,14,15). The van der Waals surface area contributed by atoms with E-state index in [2.05, 4.69) is 5.32 Å². The highest BCUT2D eigenvalue weighted by Crippen LogP contribution is 2.30. The normalized spacial score (nSPS) is 24.1. The van der Waals surface area contributed by atoms with Gasteiger partial charge in [-0.05, 0) is 12.1 Å². The minimum Gasteiger partial charge on any atom is -0.435 e. The molecule has 2 rings (SSSR count). The van der Waals surface area contributed by atoms with Crippen molar-refractivity contribution >= 4 is 6.09 Å². The predicted molar refractivity (Wildman–Crippen MR) is 51.6 cm³/mol. The van der Waals surface area contributed by atoms with E-state index in [9.17, 15) is 13.6 Å². The number of nitrogens with two attached hydrogens (primary N) is 1. The number of carbonyl (C=O) groups is 1. The maximum absolute atomic E-state index is 13.5. The minimum absolute atomic E-state index is 0.0743. The number of cyclic esters (lactones) is 1. The molecule has 0 spiro atoms. The Kier molecular flexibility index (Phi) is 2.51. The molecule has 1 aromatic carbocycles. The number of amides is 1. The Balaban J connectivity index is 2.45. The SMILES string of the molecule is NCC1(c2ccc(F)cc2F)CNC(=O)O1. The van der Waals surface area contributed by atoms with Crippen LogP contribution in [-0.4, -0.2) is 19.2 Å². The zero-order valence-electron chi connectivity index (χ0n) is 8.30. The van der Waals surface area contributed by atoms with Crippen LogP contribution in [-0.2, 0) is 10.3 Å². The van der Waals surface area contributed by atoms with Gasteiger partial charge in [-0.15, -0.1) is 0 Å². The van der Waals surface area contributed by atoms with Crippen LogP contribution in [0.25, 0.3) is 0 Å². The summed E-state index contributed by atoms with van der Waals surface area (Å²) in [5, 5.41) is 2.40. The first-order chi connectivity index (χ1) is 7.57. The molecule has 0 radical (unpaired) electrons. The largest absolute Gasteiger partial charge is 0.435 e. The van der Waals surface area contributed by atoms with E-state index in [1.165, 1.54) is 6.07 Å². The maximum Gasteiger partial charge on any atom is 0.408 e. The third kappa shape index (κ3) is 1.61. The van der Waals surface area contributed by atoms with Crippen LogP contribution in [0.3, 0.4) is 0 Å². The molecule has 1 heterocycles. The van der Waals surface area contributed by atoms with E-state index in [4.69, 9.17) is 10.5 Å². The number of rotatable bonds is 2. The Morgan fingerprint density at radius 1 is 1.50 bits per heavy atom. The third-order valence-corrected chi connectivity index (χ3v) is 2.56. The van der Waals surface area contributed by atoms with Gasteiger partial charge in [0.25, 0.3) is 0 Å². The maximum atomic E-state index is 13.5. The lowest BCUT2D eigenvalue weighted by Crippen LogP contribution is -2.39. The fourth-order valence-corrected chi connectivity index (χ4v) is 1.70. The Labute approximate surface area is 90.4 Å². The first-order valence-corrected chi connectivity index (χ1v) is 4.70. The molecule has 4 nitrogen and oxygen atoms in total. The predicted octanol–water partition coefficient (Wildman–Crippen LogP) is 0.859. The number of ether oxygens (including phenoxy) is 1. The monoisotopic (exact) mass is 228 g/mol. The van der Waals surface area contributed by atoms with Crippen LogP contribution in [0.4, 0.5) is 13.6 Å². The van der Waals surface area contributed by atoms with Gasteiger partial charge in [0.15, 0.2) is 5.60 Å². The summed E-state index contributed by atoms with van der Waals surface area (Å²) < 4.78 is 31.3. The first-order valence-electron chi connectivity index (χ1n) is 4.70. The van der Waals surface area contributed by atoms with Gasteiger partial charge < -0.3 is 15.8 Å². The third-order valence-electron chi connectivity index (χ3n) is 2.56. The van der Waals surface area contributed by atoms with Crippen LogP contribution >= 0.6 is 0 Å². The molecule has 1 aliphatic rings. The summed E-state index contributed by atoms with van der Waals surface area (Å²) in [6, 6.07) is 3.07. The molecule has 3 N–H and O–H groups in total. The van der Waals surface area contributed by atoms with E-state index in [1.54, 1.807) is 0 Å². The van der Waals surface area contributed by atoms with Crippen LogP contribution in [0, 0.1) is 11.6 Å². The first kappa shape index (κ1) is 10.8. The Bertz CT molecular complexity index is 439. The highest BCUT2D eigenvalue weighted by atomic mass is 19.1. The van der Waals surface area contributed by atoms with Crippen molar-refractivity contribution in [3.05, 3.63) is 35.4 Å². The fourth-order valence-electron chi connectivity index (χ4n) is 1.70. The zero-order chi connectivity index (χ0) is 11.8. The van der Waals surface area contributed by atoms with Gasteiger partial charge in [0, 0.05) is 18.2 Å². The molecule has 1 fully saturated rings. The van der Waals surface area contributed by atoms with Gasteiger partial charge >= 0.3 is 6.09 Å². The number of nitrogens with one attached hydrogen (secondary N) is 1. The van der Waals surface area contributed by atoms with Crippen molar-refractivity contribution in [2.75, 3.05) is 13.1 Å². The van der Waals surface area contributed by atoms with Crippen molar-refractivity contribution in [3.8, 4) is 0 Å². The smallest absolute Gasteiger partial charge is 0.408 e. The lowest BCUT2D eigenvalue weighted by atomic mass is 9.93. The molecule has 0 saturated carbocycles. The highest BCUT2D eigenvalue weighted by Gasteiger charge is 2.42. The topological polar surface area (TPSA) is 64.3 Å². The second kappa shape index (κ2) is 3.71. The minimum atomic E-state index is -1.24. The average Bonchev–Trinajstić information content (AvgIpc) is 2.61. The molecule has 1 saturated heterocycles. The quantitative estimate of drug-likeness (QED) is 0.789. The molecule has 6 heteroatoms. The molecule has 1 atom stereocenters. The molecule has 1 amide bonds. The summed E-state index contributed by atoms with van der Waals surface area (Å²) in [5.74, 6) is -1.47. The van der Waals surface area contributed by atoms with Crippen LogP contribution in [0.1, 0.15) is 5.56 Å². The number of benzene rings is 1. The average molecular weight is 228 g/mol. The van der Waals surface area contributed by atoms with E-state index in [-0.39, 0.29) is 18.7 Å². The number of hydrogen-bond acceptors (Lipinski definition) is 3. The molecular formula is C10H10F2N2O2. The van der Waals surface area contributed by atoms with Crippen LogP contribution in [0.5, 0.6) is 0 Å². The van der Waals surface area contributed by atoms with Crippen molar-refractivity contribution in [2.24, 2.45) is 5.73 Å². The van der Waals surface area contributed by atoms with Crippen molar-refractivity contribution in [3.63, 3.8) is 0 Å². The summed E-state index contributed by atoms with van der Waals surface area (Å²) in [6.45, 7) is -0.000815. The van der Waals surface area contributed by atoms with Gasteiger partial charge in [0.1, 0.15) is 11.6 Å². The van der Waals surface area contributed by atoms with E-state index in [1.807, 2.05) is 0 Å². The molecule has 1 aliphatic heterocycles. The van der Waals surface area contributed by atoms with Crippen LogP contribution in [0.15, 0.2) is 18.2 Å². The van der Waals surface area contributed by atoms with Crippen molar-refractivity contribution in [2.45, 2.75) is 5.60 Å². The molecule has 1 unspecified atom stereocenters. The number of halogens is 2. The van der Waals surface area contributed by atoms with Gasteiger partial charge in [-0.25, -0.2) is 13.6 Å². The second-order valence-corrected chi connectivity index (χ2v) is 3.57. The van der Waals surface area contributed by atoms with E-state index >= 15 is 0 Å². The molecule has 1 aromatic rings. The Morgan fingerprint density at radius 2 is 2.25 bits per heavy atom. The summed E-state index contributed by atoms with van der Waals surface area (Å²) in [6.07, 6.45) is -0.658.